The van der Waals surface area contributed by atoms with Crippen LogP contribution in [-0.4, -0.2) is 53.1 Å². The third kappa shape index (κ3) is 6.78. The number of hydrogen-bond acceptors (Lipinski definition) is 4. The zero-order chi connectivity index (χ0) is 24.7. The molecule has 0 fully saturated rings. The molecule has 3 rings (SSSR count). The minimum atomic E-state index is -0.303. The fourth-order valence-corrected chi connectivity index (χ4v) is 3.54. The van der Waals surface area contributed by atoms with Gasteiger partial charge in [0, 0.05) is 37.5 Å². The van der Waals surface area contributed by atoms with Crippen LogP contribution in [0.3, 0.4) is 0 Å². The summed E-state index contributed by atoms with van der Waals surface area (Å²) in [5, 5.41) is 2.92. The van der Waals surface area contributed by atoms with Gasteiger partial charge in [-0.3, -0.25) is 19.5 Å². The molecule has 1 aromatic heterocycles. The van der Waals surface area contributed by atoms with Gasteiger partial charge in [0.1, 0.15) is 6.54 Å². The van der Waals surface area contributed by atoms with E-state index < -0.39 is 0 Å². The largest absolute Gasteiger partial charge is 0.383 e. The summed E-state index contributed by atoms with van der Waals surface area (Å²) in [4.78, 5) is 31.9. The van der Waals surface area contributed by atoms with Crippen molar-refractivity contribution in [3.8, 4) is 16.9 Å². The lowest BCUT2D eigenvalue weighted by atomic mass is 10.1. The standard InChI is InChI=1S/C27H34N4O3/c1-19(2)16-26(33)30(14-15-34-5)18-25(32)29-27-28-24(22-10-6-20(3)7-11-22)17-31(27)23-12-8-21(4)9-13-23/h6-13,17,19H,14-16,18H2,1-5H3,(H,28,29,32). The van der Waals surface area contributed by atoms with Crippen LogP contribution in [0.1, 0.15) is 31.4 Å². The molecule has 0 atom stereocenters. The molecule has 0 saturated carbocycles. The number of aromatic nitrogens is 2. The second-order valence-electron chi connectivity index (χ2n) is 8.98. The van der Waals surface area contributed by atoms with Crippen LogP contribution >= 0.6 is 0 Å². The number of rotatable bonds is 10. The van der Waals surface area contributed by atoms with Crippen molar-refractivity contribution in [1.29, 1.82) is 0 Å². The van der Waals surface area contributed by atoms with Crippen LogP contribution in [0.4, 0.5) is 5.95 Å². The number of nitrogens with one attached hydrogen (secondary N) is 1. The molecule has 1 heterocycles. The second-order valence-corrected chi connectivity index (χ2v) is 8.98. The van der Waals surface area contributed by atoms with E-state index in [1.54, 1.807) is 12.0 Å². The van der Waals surface area contributed by atoms with Crippen LogP contribution in [0.5, 0.6) is 0 Å². The van der Waals surface area contributed by atoms with Crippen LogP contribution < -0.4 is 5.32 Å². The molecule has 2 amide bonds. The number of aryl methyl sites for hydroxylation is 2. The molecule has 0 spiro atoms. The van der Waals surface area contributed by atoms with E-state index in [9.17, 15) is 9.59 Å². The predicted molar refractivity (Wildman–Crippen MR) is 135 cm³/mol. The molecule has 3 aromatic rings. The minimum Gasteiger partial charge on any atom is -0.383 e. The summed E-state index contributed by atoms with van der Waals surface area (Å²) in [6.07, 6.45) is 2.30. The summed E-state index contributed by atoms with van der Waals surface area (Å²) < 4.78 is 7.00. The highest BCUT2D eigenvalue weighted by molar-refractivity contribution is 5.94. The Morgan fingerprint density at radius 3 is 2.24 bits per heavy atom. The number of hydrogen-bond donors (Lipinski definition) is 1. The lowest BCUT2D eigenvalue weighted by Crippen LogP contribution is -2.40. The molecule has 0 bridgehead atoms. The van der Waals surface area contributed by atoms with Crippen molar-refractivity contribution >= 4 is 17.8 Å². The van der Waals surface area contributed by atoms with Crippen molar-refractivity contribution in [2.24, 2.45) is 5.92 Å². The van der Waals surface area contributed by atoms with Gasteiger partial charge in [0.15, 0.2) is 0 Å². The van der Waals surface area contributed by atoms with Gasteiger partial charge in [0.2, 0.25) is 17.8 Å². The molecular weight excluding hydrogens is 428 g/mol. The lowest BCUT2D eigenvalue weighted by molar-refractivity contribution is -0.136. The number of ether oxygens (including phenoxy) is 1. The molecule has 0 unspecified atom stereocenters. The summed E-state index contributed by atoms with van der Waals surface area (Å²) in [5.74, 6) is 0.248. The summed E-state index contributed by atoms with van der Waals surface area (Å²) >= 11 is 0. The van der Waals surface area contributed by atoms with Gasteiger partial charge in [-0.25, -0.2) is 4.98 Å². The van der Waals surface area contributed by atoms with Gasteiger partial charge in [-0.2, -0.15) is 0 Å². The van der Waals surface area contributed by atoms with Gasteiger partial charge in [-0.1, -0.05) is 61.4 Å². The maximum absolute atomic E-state index is 13.0. The van der Waals surface area contributed by atoms with Gasteiger partial charge in [0.05, 0.1) is 12.3 Å². The molecule has 0 aliphatic carbocycles. The number of anilines is 1. The van der Waals surface area contributed by atoms with Crippen molar-refractivity contribution < 1.29 is 14.3 Å². The first-order chi connectivity index (χ1) is 16.3. The number of carbonyl (C=O) groups is 2. The highest BCUT2D eigenvalue weighted by atomic mass is 16.5. The Morgan fingerprint density at radius 1 is 1.03 bits per heavy atom. The van der Waals surface area contributed by atoms with E-state index in [0.717, 1.165) is 28.1 Å². The van der Waals surface area contributed by atoms with Crippen LogP contribution in [0.25, 0.3) is 16.9 Å². The Hall–Kier alpha value is -3.45. The monoisotopic (exact) mass is 462 g/mol. The first-order valence-corrected chi connectivity index (χ1v) is 11.6. The molecule has 0 saturated heterocycles. The third-order valence-electron chi connectivity index (χ3n) is 5.45. The molecule has 2 aromatic carbocycles. The average molecular weight is 463 g/mol. The lowest BCUT2D eigenvalue weighted by Gasteiger charge is -2.22. The van der Waals surface area contributed by atoms with Gasteiger partial charge in [0.25, 0.3) is 0 Å². The average Bonchev–Trinajstić information content (AvgIpc) is 3.20. The highest BCUT2D eigenvalue weighted by Crippen LogP contribution is 2.25. The van der Waals surface area contributed by atoms with Gasteiger partial charge in [-0.05, 0) is 31.9 Å². The number of benzene rings is 2. The summed E-state index contributed by atoms with van der Waals surface area (Å²) in [5.41, 5.74) is 4.91. The van der Waals surface area contributed by atoms with Crippen molar-refractivity contribution in [3.05, 3.63) is 65.9 Å². The smallest absolute Gasteiger partial charge is 0.246 e. The zero-order valence-electron chi connectivity index (χ0n) is 20.7. The van der Waals surface area contributed by atoms with E-state index in [1.165, 1.54) is 0 Å². The third-order valence-corrected chi connectivity index (χ3v) is 5.45. The van der Waals surface area contributed by atoms with E-state index in [-0.39, 0.29) is 24.3 Å². The van der Waals surface area contributed by atoms with Crippen LogP contribution in [0.15, 0.2) is 54.7 Å². The Morgan fingerprint density at radius 2 is 1.65 bits per heavy atom. The maximum atomic E-state index is 13.0. The molecule has 0 aliphatic heterocycles. The van der Waals surface area contributed by atoms with Gasteiger partial charge >= 0.3 is 0 Å². The normalized spacial score (nSPS) is 11.0. The fraction of sp³-hybridized carbons (Fsp3) is 0.370. The molecule has 7 heteroatoms. The minimum absolute atomic E-state index is 0.0600. The Labute approximate surface area is 201 Å². The quantitative estimate of drug-likeness (QED) is 0.477. The highest BCUT2D eigenvalue weighted by Gasteiger charge is 2.20. The molecule has 1 N–H and O–H groups in total. The van der Waals surface area contributed by atoms with Crippen molar-refractivity contribution in [2.75, 3.05) is 32.1 Å². The number of nitrogens with zero attached hydrogens (tertiary/aromatic N) is 3. The Kier molecular flexibility index (Phi) is 8.60. The van der Waals surface area contributed by atoms with Crippen molar-refractivity contribution in [2.45, 2.75) is 34.1 Å². The first kappa shape index (κ1) is 25.2. The van der Waals surface area contributed by atoms with Crippen LogP contribution in [-0.2, 0) is 14.3 Å². The second kappa shape index (κ2) is 11.6. The summed E-state index contributed by atoms with van der Waals surface area (Å²) in [6, 6.07) is 16.1. The van der Waals surface area contributed by atoms with E-state index >= 15 is 0 Å². The number of carbonyl (C=O) groups excluding carboxylic acids is 2. The molecule has 0 radical (unpaired) electrons. The molecule has 7 nitrogen and oxygen atoms in total. The molecule has 180 valence electrons. The van der Waals surface area contributed by atoms with Crippen LogP contribution in [0.2, 0.25) is 0 Å². The van der Waals surface area contributed by atoms with E-state index in [4.69, 9.17) is 9.72 Å². The van der Waals surface area contributed by atoms with Crippen molar-refractivity contribution in [1.82, 2.24) is 14.5 Å². The van der Waals surface area contributed by atoms with Crippen molar-refractivity contribution in [3.63, 3.8) is 0 Å². The van der Waals surface area contributed by atoms with E-state index in [1.807, 2.05) is 87.0 Å². The number of imidazole rings is 1. The summed E-state index contributed by atoms with van der Waals surface area (Å²) in [7, 11) is 1.58. The zero-order valence-corrected chi connectivity index (χ0v) is 20.7. The SMILES string of the molecule is COCCN(CC(=O)Nc1nc(-c2ccc(C)cc2)cn1-c1ccc(C)cc1)C(=O)CC(C)C. The predicted octanol–water partition coefficient (Wildman–Crippen LogP) is 4.62. The van der Waals surface area contributed by atoms with Gasteiger partial charge < -0.3 is 9.64 Å². The maximum Gasteiger partial charge on any atom is 0.246 e. The number of methoxy groups -OCH3 is 1. The van der Waals surface area contributed by atoms with E-state index in [0.29, 0.717) is 25.5 Å². The van der Waals surface area contributed by atoms with Crippen LogP contribution in [0, 0.1) is 19.8 Å². The van der Waals surface area contributed by atoms with E-state index in [2.05, 4.69) is 5.32 Å². The van der Waals surface area contributed by atoms with Gasteiger partial charge in [-0.15, -0.1) is 0 Å². The number of amides is 2. The topological polar surface area (TPSA) is 76.5 Å². The fourth-order valence-electron chi connectivity index (χ4n) is 3.54. The molecule has 34 heavy (non-hydrogen) atoms. The molecular formula is C27H34N4O3. The Bertz CT molecular complexity index is 1100. The first-order valence-electron chi connectivity index (χ1n) is 11.6. The Balaban J connectivity index is 1.87. The molecule has 0 aliphatic rings. The summed E-state index contributed by atoms with van der Waals surface area (Å²) in [6.45, 7) is 8.70.